The summed E-state index contributed by atoms with van der Waals surface area (Å²) >= 11 is 0. The molecular formula is C17H18FNO2. The van der Waals surface area contributed by atoms with Crippen LogP contribution in [0.5, 0.6) is 5.75 Å². The number of carbonyl (C=O) groups excluding carboxylic acids is 1. The maximum atomic E-state index is 13.0. The lowest BCUT2D eigenvalue weighted by molar-refractivity contribution is -0.121. The number of carbonyl (C=O) groups is 1. The predicted octanol–water partition coefficient (Wildman–Crippen LogP) is 2.82. The second-order valence-corrected chi connectivity index (χ2v) is 4.90. The zero-order chi connectivity index (χ0) is 15.1. The van der Waals surface area contributed by atoms with Crippen LogP contribution >= 0.6 is 0 Å². The highest BCUT2D eigenvalue weighted by Crippen LogP contribution is 2.11. The Morgan fingerprint density at radius 3 is 2.52 bits per heavy atom. The van der Waals surface area contributed by atoms with Crippen LogP contribution in [0.3, 0.4) is 0 Å². The topological polar surface area (TPSA) is 49.3 Å². The Bertz CT molecular complexity index is 596. The van der Waals surface area contributed by atoms with Crippen molar-refractivity contribution in [2.75, 3.05) is 6.54 Å². The Kier molecular flexibility index (Phi) is 5.32. The lowest BCUT2D eigenvalue weighted by Gasteiger charge is -2.06. The van der Waals surface area contributed by atoms with Gasteiger partial charge < -0.3 is 10.4 Å². The van der Waals surface area contributed by atoms with E-state index in [2.05, 4.69) is 5.32 Å². The zero-order valence-electron chi connectivity index (χ0n) is 11.7. The summed E-state index contributed by atoms with van der Waals surface area (Å²) in [6.07, 6.45) is 1.64. The number of halogens is 1. The SMILES string of the molecule is O=C(CCc1ccc(O)cc1)NCCc1cccc(F)c1. The molecule has 0 atom stereocenters. The summed E-state index contributed by atoms with van der Waals surface area (Å²) < 4.78 is 13.0. The third kappa shape index (κ3) is 5.26. The number of aromatic hydroxyl groups is 1. The highest BCUT2D eigenvalue weighted by molar-refractivity contribution is 5.76. The first kappa shape index (κ1) is 15.0. The molecule has 0 aliphatic heterocycles. The second kappa shape index (κ2) is 7.43. The van der Waals surface area contributed by atoms with Crippen LogP contribution in [-0.2, 0) is 17.6 Å². The summed E-state index contributed by atoms with van der Waals surface area (Å²) in [6.45, 7) is 0.498. The van der Waals surface area contributed by atoms with Gasteiger partial charge in [0.15, 0.2) is 0 Å². The van der Waals surface area contributed by atoms with Crippen molar-refractivity contribution in [2.24, 2.45) is 0 Å². The molecule has 2 rings (SSSR count). The fraction of sp³-hybridized carbons (Fsp3) is 0.235. The van der Waals surface area contributed by atoms with Crippen LogP contribution in [0.1, 0.15) is 17.5 Å². The van der Waals surface area contributed by atoms with Gasteiger partial charge in [0, 0.05) is 13.0 Å². The van der Waals surface area contributed by atoms with Crippen LogP contribution in [0.4, 0.5) is 4.39 Å². The van der Waals surface area contributed by atoms with E-state index in [1.807, 2.05) is 6.07 Å². The molecule has 0 aromatic heterocycles. The Morgan fingerprint density at radius 2 is 1.81 bits per heavy atom. The minimum Gasteiger partial charge on any atom is -0.508 e. The summed E-state index contributed by atoms with van der Waals surface area (Å²) in [4.78, 5) is 11.7. The molecule has 0 saturated heterocycles. The van der Waals surface area contributed by atoms with Gasteiger partial charge >= 0.3 is 0 Å². The minimum absolute atomic E-state index is 0.0283. The van der Waals surface area contributed by atoms with Crippen molar-refractivity contribution >= 4 is 5.91 Å². The molecule has 2 aromatic rings. The summed E-state index contributed by atoms with van der Waals surface area (Å²) in [5.74, 6) is -0.0658. The van der Waals surface area contributed by atoms with Crippen LogP contribution in [0.2, 0.25) is 0 Å². The number of amides is 1. The van der Waals surface area contributed by atoms with Gasteiger partial charge in [0.25, 0.3) is 0 Å². The molecule has 0 saturated carbocycles. The van der Waals surface area contributed by atoms with Crippen LogP contribution in [0, 0.1) is 5.82 Å². The smallest absolute Gasteiger partial charge is 0.220 e. The van der Waals surface area contributed by atoms with Crippen LogP contribution < -0.4 is 5.32 Å². The van der Waals surface area contributed by atoms with Gasteiger partial charge in [0.2, 0.25) is 5.91 Å². The first-order valence-corrected chi connectivity index (χ1v) is 6.92. The van der Waals surface area contributed by atoms with Gasteiger partial charge in [0.1, 0.15) is 11.6 Å². The highest BCUT2D eigenvalue weighted by atomic mass is 19.1. The predicted molar refractivity (Wildman–Crippen MR) is 79.5 cm³/mol. The summed E-state index contributed by atoms with van der Waals surface area (Å²) in [7, 11) is 0. The molecule has 0 aliphatic rings. The maximum Gasteiger partial charge on any atom is 0.220 e. The van der Waals surface area contributed by atoms with Crippen molar-refractivity contribution < 1.29 is 14.3 Å². The van der Waals surface area contributed by atoms with Crippen molar-refractivity contribution in [1.82, 2.24) is 5.32 Å². The minimum atomic E-state index is -0.258. The third-order valence-corrected chi connectivity index (χ3v) is 3.20. The molecule has 21 heavy (non-hydrogen) atoms. The second-order valence-electron chi connectivity index (χ2n) is 4.90. The molecule has 0 unspecified atom stereocenters. The van der Waals surface area contributed by atoms with Gasteiger partial charge in [-0.1, -0.05) is 24.3 Å². The average molecular weight is 287 g/mol. The summed E-state index contributed by atoms with van der Waals surface area (Å²) in [5, 5.41) is 12.0. The van der Waals surface area contributed by atoms with E-state index >= 15 is 0 Å². The van der Waals surface area contributed by atoms with Crippen molar-refractivity contribution in [3.63, 3.8) is 0 Å². The normalized spacial score (nSPS) is 10.3. The number of hydrogen-bond acceptors (Lipinski definition) is 2. The Hall–Kier alpha value is -2.36. The Labute approximate surface area is 123 Å². The monoisotopic (exact) mass is 287 g/mol. The van der Waals surface area contributed by atoms with E-state index in [0.29, 0.717) is 25.8 Å². The highest BCUT2D eigenvalue weighted by Gasteiger charge is 2.03. The van der Waals surface area contributed by atoms with Gasteiger partial charge in [0.05, 0.1) is 0 Å². The van der Waals surface area contributed by atoms with Crippen molar-refractivity contribution in [1.29, 1.82) is 0 Å². The summed E-state index contributed by atoms with van der Waals surface area (Å²) in [6, 6.07) is 13.2. The third-order valence-electron chi connectivity index (χ3n) is 3.20. The molecule has 1 amide bonds. The van der Waals surface area contributed by atoms with Gasteiger partial charge in [-0.3, -0.25) is 4.79 Å². The van der Waals surface area contributed by atoms with Crippen LogP contribution in [-0.4, -0.2) is 17.6 Å². The van der Waals surface area contributed by atoms with Crippen LogP contribution in [0.15, 0.2) is 48.5 Å². The summed E-state index contributed by atoms with van der Waals surface area (Å²) in [5.41, 5.74) is 1.88. The molecule has 0 aliphatic carbocycles. The molecular weight excluding hydrogens is 269 g/mol. The van der Waals surface area contributed by atoms with E-state index in [4.69, 9.17) is 0 Å². The van der Waals surface area contributed by atoms with Crippen molar-refractivity contribution in [3.8, 4) is 5.75 Å². The van der Waals surface area contributed by atoms with Gasteiger partial charge in [-0.2, -0.15) is 0 Å². The van der Waals surface area contributed by atoms with Gasteiger partial charge in [-0.05, 0) is 48.2 Å². The van der Waals surface area contributed by atoms with Gasteiger partial charge in [-0.25, -0.2) is 4.39 Å². The molecule has 4 heteroatoms. The van der Waals surface area contributed by atoms with E-state index in [-0.39, 0.29) is 17.5 Å². The van der Waals surface area contributed by atoms with Gasteiger partial charge in [-0.15, -0.1) is 0 Å². The van der Waals surface area contributed by atoms with E-state index < -0.39 is 0 Å². The zero-order valence-corrected chi connectivity index (χ0v) is 11.7. The molecule has 110 valence electrons. The molecule has 0 radical (unpaired) electrons. The van der Waals surface area contributed by atoms with E-state index in [9.17, 15) is 14.3 Å². The van der Waals surface area contributed by atoms with E-state index in [0.717, 1.165) is 11.1 Å². The number of nitrogens with one attached hydrogen (secondary N) is 1. The molecule has 0 bridgehead atoms. The maximum absolute atomic E-state index is 13.0. The lowest BCUT2D eigenvalue weighted by atomic mass is 10.1. The molecule has 3 nitrogen and oxygen atoms in total. The number of phenols is 1. The quantitative estimate of drug-likeness (QED) is 0.858. The fourth-order valence-electron chi connectivity index (χ4n) is 2.05. The number of rotatable bonds is 6. The fourth-order valence-corrected chi connectivity index (χ4v) is 2.05. The van der Waals surface area contributed by atoms with E-state index in [1.54, 1.807) is 30.3 Å². The molecule has 2 aromatic carbocycles. The van der Waals surface area contributed by atoms with Crippen molar-refractivity contribution in [3.05, 3.63) is 65.5 Å². The van der Waals surface area contributed by atoms with Crippen LogP contribution in [0.25, 0.3) is 0 Å². The molecule has 0 spiro atoms. The molecule has 2 N–H and O–H groups in total. The average Bonchev–Trinajstić information content (AvgIpc) is 2.47. The Morgan fingerprint density at radius 1 is 1.05 bits per heavy atom. The Balaban J connectivity index is 1.69. The first-order chi connectivity index (χ1) is 10.1. The van der Waals surface area contributed by atoms with E-state index in [1.165, 1.54) is 12.1 Å². The molecule has 0 heterocycles. The largest absolute Gasteiger partial charge is 0.508 e. The number of benzene rings is 2. The first-order valence-electron chi connectivity index (χ1n) is 6.92. The van der Waals surface area contributed by atoms with Crippen molar-refractivity contribution in [2.45, 2.75) is 19.3 Å². The molecule has 0 fully saturated rings. The standard InChI is InChI=1S/C17H18FNO2/c18-15-3-1-2-14(12-15)10-11-19-17(21)9-6-13-4-7-16(20)8-5-13/h1-5,7-8,12,20H,6,9-11H2,(H,19,21). The number of hydrogen-bond donors (Lipinski definition) is 2. The lowest BCUT2D eigenvalue weighted by Crippen LogP contribution is -2.25. The number of phenolic OH excluding ortho intramolecular Hbond substituents is 1. The number of aryl methyl sites for hydroxylation is 1.